The summed E-state index contributed by atoms with van der Waals surface area (Å²) in [6.07, 6.45) is 2.27. The van der Waals surface area contributed by atoms with Crippen molar-refractivity contribution in [3.8, 4) is 0 Å². The Hall–Kier alpha value is -0.840. The second-order valence-corrected chi connectivity index (χ2v) is 5.06. The number of cyclic esters (lactones) is 1. The van der Waals surface area contributed by atoms with Crippen LogP contribution >= 0.6 is 15.9 Å². The van der Waals surface area contributed by atoms with Crippen molar-refractivity contribution >= 4 is 27.9 Å². The third-order valence-corrected chi connectivity index (χ3v) is 4.14. The predicted molar refractivity (Wildman–Crippen MR) is 59.7 cm³/mol. The van der Waals surface area contributed by atoms with E-state index < -0.39 is 11.8 Å². The average molecular weight is 289 g/mol. The van der Waals surface area contributed by atoms with E-state index in [1.165, 1.54) is 7.11 Å². The lowest BCUT2D eigenvalue weighted by molar-refractivity contribution is -0.154. The van der Waals surface area contributed by atoms with Gasteiger partial charge in [-0.1, -0.05) is 22.0 Å². The van der Waals surface area contributed by atoms with Gasteiger partial charge in [0.05, 0.1) is 18.9 Å². The van der Waals surface area contributed by atoms with Gasteiger partial charge in [0.1, 0.15) is 6.10 Å². The van der Waals surface area contributed by atoms with Crippen LogP contribution in [0.3, 0.4) is 0 Å². The first kappa shape index (κ1) is 11.6. The zero-order chi connectivity index (χ0) is 11.9. The quantitative estimate of drug-likeness (QED) is 0.689. The number of allylic oxidation sites excluding steroid dienone is 1. The van der Waals surface area contributed by atoms with Crippen LogP contribution in [0, 0.1) is 17.8 Å². The van der Waals surface area contributed by atoms with Gasteiger partial charge >= 0.3 is 11.9 Å². The maximum absolute atomic E-state index is 11.7. The highest BCUT2D eigenvalue weighted by molar-refractivity contribution is 9.11. The van der Waals surface area contributed by atoms with Crippen LogP contribution < -0.4 is 0 Å². The van der Waals surface area contributed by atoms with E-state index in [1.807, 2.05) is 13.0 Å². The lowest BCUT2D eigenvalue weighted by Crippen LogP contribution is -2.35. The third kappa shape index (κ3) is 1.67. The largest absolute Gasteiger partial charge is 0.469 e. The predicted octanol–water partition coefficient (Wildman–Crippen LogP) is 1.64. The fourth-order valence-corrected chi connectivity index (χ4v) is 3.34. The molecule has 1 saturated heterocycles. The molecule has 2 rings (SSSR count). The van der Waals surface area contributed by atoms with Crippen molar-refractivity contribution in [2.75, 3.05) is 7.11 Å². The monoisotopic (exact) mass is 288 g/mol. The molecular formula is C11H13BrO4. The van der Waals surface area contributed by atoms with Crippen LogP contribution in [0.4, 0.5) is 0 Å². The molecule has 5 heteroatoms. The third-order valence-electron chi connectivity index (χ3n) is 3.29. The number of ether oxygens (including phenoxy) is 2. The smallest absolute Gasteiger partial charge is 0.310 e. The highest BCUT2D eigenvalue weighted by Crippen LogP contribution is 2.45. The van der Waals surface area contributed by atoms with Crippen molar-refractivity contribution in [1.29, 1.82) is 0 Å². The highest BCUT2D eigenvalue weighted by Gasteiger charge is 2.51. The Morgan fingerprint density at radius 3 is 2.88 bits per heavy atom. The van der Waals surface area contributed by atoms with Gasteiger partial charge in [-0.3, -0.25) is 9.59 Å². The Morgan fingerprint density at radius 1 is 1.56 bits per heavy atom. The van der Waals surface area contributed by atoms with Crippen LogP contribution in [0.15, 0.2) is 10.6 Å². The zero-order valence-electron chi connectivity index (χ0n) is 9.10. The van der Waals surface area contributed by atoms with Gasteiger partial charge in [0.25, 0.3) is 0 Å². The molecule has 1 heterocycles. The first-order chi connectivity index (χ1) is 7.56. The Bertz CT molecular complexity index is 363. The molecule has 2 aliphatic rings. The topological polar surface area (TPSA) is 52.6 Å². The molecule has 0 saturated carbocycles. The normalized spacial score (nSPS) is 37.4. The number of carbonyl (C=O) groups excluding carboxylic acids is 2. The summed E-state index contributed by atoms with van der Waals surface area (Å²) < 4.78 is 10.9. The molecular weight excluding hydrogens is 276 g/mol. The van der Waals surface area contributed by atoms with Crippen molar-refractivity contribution < 1.29 is 19.1 Å². The molecule has 4 atom stereocenters. The van der Waals surface area contributed by atoms with Gasteiger partial charge < -0.3 is 9.47 Å². The summed E-state index contributed by atoms with van der Waals surface area (Å²) in [5.41, 5.74) is 0. The molecule has 0 bridgehead atoms. The zero-order valence-corrected chi connectivity index (χ0v) is 10.7. The molecule has 88 valence electrons. The molecule has 16 heavy (non-hydrogen) atoms. The van der Waals surface area contributed by atoms with Crippen LogP contribution in [0.25, 0.3) is 0 Å². The van der Waals surface area contributed by atoms with Gasteiger partial charge in [-0.15, -0.1) is 0 Å². The van der Waals surface area contributed by atoms with Gasteiger partial charge in [-0.2, -0.15) is 0 Å². The van der Waals surface area contributed by atoms with Crippen LogP contribution in [-0.4, -0.2) is 25.2 Å². The summed E-state index contributed by atoms with van der Waals surface area (Å²) in [5, 5.41) is 0. The number of hydrogen-bond donors (Lipinski definition) is 0. The van der Waals surface area contributed by atoms with E-state index in [1.54, 1.807) is 0 Å². The summed E-state index contributed by atoms with van der Waals surface area (Å²) in [5.74, 6) is -1.49. The van der Waals surface area contributed by atoms with E-state index in [4.69, 9.17) is 9.47 Å². The lowest BCUT2D eigenvalue weighted by atomic mass is 9.75. The Morgan fingerprint density at radius 2 is 2.25 bits per heavy atom. The Balaban J connectivity index is 2.33. The second-order valence-electron chi connectivity index (χ2n) is 4.15. The van der Waals surface area contributed by atoms with Gasteiger partial charge in [-0.25, -0.2) is 0 Å². The molecule has 1 fully saturated rings. The van der Waals surface area contributed by atoms with Gasteiger partial charge in [0, 0.05) is 5.92 Å². The van der Waals surface area contributed by atoms with Crippen LogP contribution in [-0.2, 0) is 19.1 Å². The molecule has 4 nitrogen and oxygen atoms in total. The summed E-state index contributed by atoms with van der Waals surface area (Å²) in [7, 11) is 1.34. The number of fused-ring (bicyclic) bond motifs is 1. The maximum Gasteiger partial charge on any atom is 0.310 e. The fraction of sp³-hybridized carbons (Fsp3) is 0.636. The van der Waals surface area contributed by atoms with E-state index in [0.717, 1.165) is 4.48 Å². The molecule has 0 amide bonds. The van der Waals surface area contributed by atoms with Crippen LogP contribution in [0.1, 0.15) is 13.3 Å². The number of methoxy groups -OCH3 is 1. The van der Waals surface area contributed by atoms with E-state index in [-0.39, 0.29) is 24.0 Å². The van der Waals surface area contributed by atoms with Crippen molar-refractivity contribution in [1.82, 2.24) is 0 Å². The van der Waals surface area contributed by atoms with Crippen molar-refractivity contribution in [2.24, 2.45) is 17.8 Å². The molecule has 0 spiro atoms. The first-order valence-electron chi connectivity index (χ1n) is 5.20. The first-order valence-corrected chi connectivity index (χ1v) is 5.99. The SMILES string of the molecule is COC(=O)[C@H]1CC=C(Br)[C@@H]2[C@H]1C(=O)O[C@H]2C. The standard InChI is InChI=1S/C11H13BrO4/c1-5-8-7(12)4-3-6(10(13)15-2)9(8)11(14)16-5/h4-6,8-9H,3H2,1-2H3/t5-,6-,8+,9-/m0/s1. The van der Waals surface area contributed by atoms with Crippen molar-refractivity contribution in [2.45, 2.75) is 19.4 Å². The van der Waals surface area contributed by atoms with Gasteiger partial charge in [0.15, 0.2) is 0 Å². The molecule has 0 N–H and O–H groups in total. The number of halogens is 1. The number of rotatable bonds is 1. The van der Waals surface area contributed by atoms with Gasteiger partial charge in [0.2, 0.25) is 0 Å². The summed E-state index contributed by atoms with van der Waals surface area (Å²) in [6, 6.07) is 0. The summed E-state index contributed by atoms with van der Waals surface area (Å²) in [4.78, 5) is 23.3. The maximum atomic E-state index is 11.7. The van der Waals surface area contributed by atoms with E-state index in [9.17, 15) is 9.59 Å². The van der Waals surface area contributed by atoms with E-state index in [0.29, 0.717) is 6.42 Å². The van der Waals surface area contributed by atoms with E-state index in [2.05, 4.69) is 15.9 Å². The fourth-order valence-electron chi connectivity index (χ4n) is 2.50. The van der Waals surface area contributed by atoms with Crippen LogP contribution in [0.2, 0.25) is 0 Å². The molecule has 0 radical (unpaired) electrons. The number of esters is 2. The van der Waals surface area contributed by atoms with Crippen LogP contribution in [0.5, 0.6) is 0 Å². The minimum atomic E-state index is -0.409. The lowest BCUT2D eigenvalue weighted by Gasteiger charge is -2.28. The van der Waals surface area contributed by atoms with Gasteiger partial charge in [-0.05, 0) is 17.8 Å². The average Bonchev–Trinajstić information content (AvgIpc) is 2.55. The van der Waals surface area contributed by atoms with E-state index >= 15 is 0 Å². The highest BCUT2D eigenvalue weighted by atomic mass is 79.9. The van der Waals surface area contributed by atoms with Crippen molar-refractivity contribution in [3.63, 3.8) is 0 Å². The number of carbonyl (C=O) groups is 2. The minimum absolute atomic E-state index is 0.0506. The minimum Gasteiger partial charge on any atom is -0.469 e. The summed E-state index contributed by atoms with van der Waals surface area (Å²) in [6.45, 7) is 1.84. The molecule has 0 aromatic heterocycles. The number of hydrogen-bond acceptors (Lipinski definition) is 4. The molecule has 0 unspecified atom stereocenters. The Labute approximate surface area is 102 Å². The molecule has 0 aromatic rings. The molecule has 1 aliphatic carbocycles. The Kier molecular flexibility index (Phi) is 3.06. The second kappa shape index (κ2) is 4.20. The summed E-state index contributed by atoms with van der Waals surface area (Å²) >= 11 is 3.44. The molecule has 1 aliphatic heterocycles. The molecule has 0 aromatic carbocycles. The van der Waals surface area contributed by atoms with Crippen molar-refractivity contribution in [3.05, 3.63) is 10.6 Å².